The highest BCUT2D eigenvalue weighted by atomic mass is 16.1. The number of aromatic nitrogens is 2. The Morgan fingerprint density at radius 1 is 1.35 bits per heavy atom. The maximum atomic E-state index is 11.4. The van der Waals surface area contributed by atoms with Crippen molar-refractivity contribution >= 4 is 11.8 Å². The zero-order valence-corrected chi connectivity index (χ0v) is 8.91. The smallest absolute Gasteiger partial charge is 0.295 e. The lowest BCUT2D eigenvalue weighted by Gasteiger charge is -2.04. The van der Waals surface area contributed by atoms with E-state index >= 15 is 0 Å². The van der Waals surface area contributed by atoms with Crippen LogP contribution >= 0.6 is 0 Å². The summed E-state index contributed by atoms with van der Waals surface area (Å²) >= 11 is 0. The lowest BCUT2D eigenvalue weighted by molar-refractivity contribution is 0.565. The van der Waals surface area contributed by atoms with Gasteiger partial charge in [-0.3, -0.25) is 4.57 Å². The summed E-state index contributed by atoms with van der Waals surface area (Å²) in [6.07, 6.45) is 4.59. The molecule has 0 aliphatic rings. The van der Waals surface area contributed by atoms with Crippen LogP contribution in [0.1, 0.15) is 5.56 Å². The summed E-state index contributed by atoms with van der Waals surface area (Å²) < 4.78 is 1.48. The normalized spacial score (nSPS) is 9.65. The molecule has 0 unspecified atom stereocenters. The van der Waals surface area contributed by atoms with Crippen molar-refractivity contribution in [2.45, 2.75) is 6.54 Å². The molecule has 84 valence electrons. The monoisotopic (exact) mass is 227 g/mol. The maximum absolute atomic E-state index is 11.4. The molecule has 1 aromatic carbocycles. The second-order valence-corrected chi connectivity index (χ2v) is 3.40. The van der Waals surface area contributed by atoms with Crippen molar-refractivity contribution in [1.82, 2.24) is 9.55 Å². The second-order valence-electron chi connectivity index (χ2n) is 3.40. The Bertz CT molecular complexity index is 627. The Morgan fingerprint density at radius 2 is 2.24 bits per heavy atom. The molecular formula is C12H9N3O2. The maximum Gasteiger partial charge on any atom is 0.347 e. The van der Waals surface area contributed by atoms with E-state index < -0.39 is 0 Å². The first-order valence-electron chi connectivity index (χ1n) is 4.98. The average molecular weight is 227 g/mol. The molecule has 0 fully saturated rings. The Balaban J connectivity index is 2.30. The highest BCUT2D eigenvalue weighted by Crippen LogP contribution is 2.13. The quantitative estimate of drug-likeness (QED) is 0.585. The first kappa shape index (κ1) is 11.0. The van der Waals surface area contributed by atoms with Gasteiger partial charge in [-0.15, -0.1) is 0 Å². The molecule has 0 radical (unpaired) electrons. The molecule has 17 heavy (non-hydrogen) atoms. The molecular weight excluding hydrogens is 218 g/mol. The van der Waals surface area contributed by atoms with Gasteiger partial charge in [0.05, 0.1) is 12.2 Å². The molecule has 0 N–H and O–H groups in total. The van der Waals surface area contributed by atoms with Crippen LogP contribution in [0.25, 0.3) is 0 Å². The van der Waals surface area contributed by atoms with Crippen LogP contribution in [-0.4, -0.2) is 15.6 Å². The zero-order chi connectivity index (χ0) is 12.1. The Kier molecular flexibility index (Phi) is 3.23. The third-order valence-corrected chi connectivity index (χ3v) is 2.22. The number of benzene rings is 1. The van der Waals surface area contributed by atoms with Crippen molar-refractivity contribution in [2.24, 2.45) is 4.99 Å². The molecule has 0 aliphatic heterocycles. The largest absolute Gasteiger partial charge is 0.347 e. The standard InChI is InChI=1S/C12H9N3O2/c16-9-14-11-4-1-3-10(7-11)8-15-6-2-5-13-12(15)17/h1-7H,8H2. The summed E-state index contributed by atoms with van der Waals surface area (Å²) in [7, 11) is 0. The minimum Gasteiger partial charge on any atom is -0.295 e. The van der Waals surface area contributed by atoms with Crippen LogP contribution in [0.3, 0.4) is 0 Å². The minimum absolute atomic E-state index is 0.309. The van der Waals surface area contributed by atoms with Gasteiger partial charge in [0.25, 0.3) is 0 Å². The van der Waals surface area contributed by atoms with Crippen LogP contribution < -0.4 is 5.69 Å². The summed E-state index contributed by atoms with van der Waals surface area (Å²) in [5.74, 6) is 0. The molecule has 5 nitrogen and oxygen atoms in total. The van der Waals surface area contributed by atoms with Crippen molar-refractivity contribution < 1.29 is 4.79 Å². The Labute approximate surface area is 97.1 Å². The molecule has 2 rings (SSSR count). The summed E-state index contributed by atoms with van der Waals surface area (Å²) in [6, 6.07) is 8.73. The van der Waals surface area contributed by atoms with Crippen molar-refractivity contribution in [2.75, 3.05) is 0 Å². The van der Waals surface area contributed by atoms with Gasteiger partial charge in [-0.1, -0.05) is 12.1 Å². The van der Waals surface area contributed by atoms with Gasteiger partial charge >= 0.3 is 5.69 Å². The second kappa shape index (κ2) is 5.01. The first-order chi connectivity index (χ1) is 8.29. The van der Waals surface area contributed by atoms with Crippen molar-refractivity contribution in [3.63, 3.8) is 0 Å². The van der Waals surface area contributed by atoms with Crippen molar-refractivity contribution in [1.29, 1.82) is 0 Å². The fourth-order valence-electron chi connectivity index (χ4n) is 1.48. The average Bonchev–Trinajstić information content (AvgIpc) is 2.33. The molecule has 0 saturated heterocycles. The van der Waals surface area contributed by atoms with E-state index in [2.05, 4.69) is 9.98 Å². The van der Waals surface area contributed by atoms with E-state index in [-0.39, 0.29) is 5.69 Å². The molecule has 0 atom stereocenters. The SMILES string of the molecule is O=C=Nc1cccc(Cn2cccnc2=O)c1. The van der Waals surface area contributed by atoms with E-state index in [0.717, 1.165) is 5.56 Å². The van der Waals surface area contributed by atoms with E-state index in [9.17, 15) is 9.59 Å². The van der Waals surface area contributed by atoms with Gasteiger partial charge in [-0.05, 0) is 23.8 Å². The third kappa shape index (κ3) is 2.74. The van der Waals surface area contributed by atoms with Gasteiger partial charge in [-0.25, -0.2) is 14.6 Å². The number of hydrogen-bond acceptors (Lipinski definition) is 4. The molecule has 1 aromatic heterocycles. The van der Waals surface area contributed by atoms with Crippen molar-refractivity contribution in [3.05, 3.63) is 58.8 Å². The lowest BCUT2D eigenvalue weighted by Crippen LogP contribution is -2.21. The van der Waals surface area contributed by atoms with Gasteiger partial charge in [0.2, 0.25) is 6.08 Å². The zero-order valence-electron chi connectivity index (χ0n) is 8.91. The molecule has 0 aliphatic carbocycles. The van der Waals surface area contributed by atoms with Gasteiger partial charge in [-0.2, -0.15) is 4.99 Å². The minimum atomic E-state index is -0.309. The van der Waals surface area contributed by atoms with Crippen LogP contribution in [0, 0.1) is 0 Å². The van der Waals surface area contributed by atoms with Crippen LogP contribution in [-0.2, 0) is 11.3 Å². The van der Waals surface area contributed by atoms with Crippen LogP contribution in [0.5, 0.6) is 0 Å². The van der Waals surface area contributed by atoms with Gasteiger partial charge in [0, 0.05) is 12.4 Å². The number of carbonyl (C=O) groups excluding carboxylic acids is 1. The summed E-state index contributed by atoms with van der Waals surface area (Å²) in [5.41, 5.74) is 1.09. The highest BCUT2D eigenvalue weighted by Gasteiger charge is 1.98. The van der Waals surface area contributed by atoms with Crippen LogP contribution in [0.2, 0.25) is 0 Å². The first-order valence-corrected chi connectivity index (χ1v) is 4.98. The van der Waals surface area contributed by atoms with E-state index in [1.807, 2.05) is 6.07 Å². The molecule has 0 amide bonds. The molecule has 0 spiro atoms. The predicted molar refractivity (Wildman–Crippen MR) is 61.8 cm³/mol. The predicted octanol–water partition coefficient (Wildman–Crippen LogP) is 1.26. The number of rotatable bonds is 3. The topological polar surface area (TPSA) is 64.3 Å². The molecule has 0 saturated carbocycles. The van der Waals surface area contributed by atoms with Gasteiger partial charge in [0.15, 0.2) is 0 Å². The number of isocyanates is 1. The van der Waals surface area contributed by atoms with Crippen LogP contribution in [0.4, 0.5) is 5.69 Å². The number of hydrogen-bond donors (Lipinski definition) is 0. The Hall–Kier alpha value is -2.52. The molecule has 5 heteroatoms. The fraction of sp³-hybridized carbons (Fsp3) is 0.0833. The number of nitrogens with zero attached hydrogens (tertiary/aromatic N) is 3. The molecule has 2 aromatic rings. The van der Waals surface area contributed by atoms with Gasteiger partial charge < -0.3 is 0 Å². The molecule has 1 heterocycles. The third-order valence-electron chi connectivity index (χ3n) is 2.22. The summed E-state index contributed by atoms with van der Waals surface area (Å²) in [6.45, 7) is 0.398. The van der Waals surface area contributed by atoms with E-state index in [4.69, 9.17) is 0 Å². The number of aliphatic imine (C=N–C) groups is 1. The summed E-state index contributed by atoms with van der Waals surface area (Å²) in [4.78, 5) is 28.7. The van der Waals surface area contributed by atoms with E-state index in [0.29, 0.717) is 12.2 Å². The molecule has 0 bridgehead atoms. The fourth-order valence-corrected chi connectivity index (χ4v) is 1.48. The summed E-state index contributed by atoms with van der Waals surface area (Å²) in [5, 5.41) is 0. The van der Waals surface area contributed by atoms with E-state index in [1.54, 1.807) is 30.5 Å². The Morgan fingerprint density at radius 3 is 3.00 bits per heavy atom. The van der Waals surface area contributed by atoms with Crippen LogP contribution in [0.15, 0.2) is 52.5 Å². The van der Waals surface area contributed by atoms with Crippen molar-refractivity contribution in [3.8, 4) is 0 Å². The lowest BCUT2D eigenvalue weighted by atomic mass is 10.2. The van der Waals surface area contributed by atoms with Gasteiger partial charge in [0.1, 0.15) is 0 Å². The highest BCUT2D eigenvalue weighted by molar-refractivity contribution is 5.49. The van der Waals surface area contributed by atoms with E-state index in [1.165, 1.54) is 16.8 Å².